The van der Waals surface area contributed by atoms with Gasteiger partial charge in [0.05, 0.1) is 6.33 Å². The lowest BCUT2D eigenvalue weighted by Gasteiger charge is -2.05. The van der Waals surface area contributed by atoms with Gasteiger partial charge in [0.2, 0.25) is 5.03 Å². The van der Waals surface area contributed by atoms with Crippen LogP contribution in [-0.2, 0) is 17.1 Å². The molecule has 1 aromatic heterocycles. The van der Waals surface area contributed by atoms with Gasteiger partial charge in [0, 0.05) is 12.7 Å². The van der Waals surface area contributed by atoms with E-state index in [0.29, 0.717) is 5.69 Å². The molecule has 0 amide bonds. The smallest absolute Gasteiger partial charge is 0.282 e. The summed E-state index contributed by atoms with van der Waals surface area (Å²) in [6.07, 6.45) is 1.35. The number of nitrogens with one attached hydrogen (secondary N) is 1. The van der Waals surface area contributed by atoms with Crippen molar-refractivity contribution >= 4 is 27.3 Å². The average molecular weight is 272 g/mol. The number of rotatable bonds is 3. The lowest BCUT2D eigenvalue weighted by Crippen LogP contribution is -2.13. The molecule has 0 aliphatic heterocycles. The highest BCUT2D eigenvalue weighted by Gasteiger charge is 2.22. The summed E-state index contributed by atoms with van der Waals surface area (Å²) in [4.78, 5) is 3.76. The number of halogens is 1. The first-order valence-corrected chi connectivity index (χ1v) is 6.61. The molecule has 0 aliphatic rings. The molecule has 0 atom stereocenters. The van der Waals surface area contributed by atoms with Crippen molar-refractivity contribution in [1.82, 2.24) is 9.55 Å². The Kier molecular flexibility index (Phi) is 3.08. The quantitative estimate of drug-likeness (QED) is 0.927. The number of aromatic nitrogens is 2. The van der Waals surface area contributed by atoms with Crippen molar-refractivity contribution in [2.45, 2.75) is 5.03 Å². The van der Waals surface area contributed by atoms with Gasteiger partial charge in [-0.3, -0.25) is 4.72 Å². The molecule has 17 heavy (non-hydrogen) atoms. The third-order valence-corrected chi connectivity index (χ3v) is 3.98. The largest absolute Gasteiger partial charge is 0.324 e. The van der Waals surface area contributed by atoms with Crippen molar-refractivity contribution in [3.63, 3.8) is 0 Å². The summed E-state index contributed by atoms with van der Waals surface area (Å²) in [5.74, 6) is 0. The first-order valence-electron chi connectivity index (χ1n) is 4.75. The Morgan fingerprint density at radius 3 is 2.47 bits per heavy atom. The molecule has 0 radical (unpaired) electrons. The van der Waals surface area contributed by atoms with E-state index in [4.69, 9.17) is 11.6 Å². The van der Waals surface area contributed by atoms with Gasteiger partial charge in [0.25, 0.3) is 10.0 Å². The molecule has 0 bridgehead atoms. The topological polar surface area (TPSA) is 64.0 Å². The fourth-order valence-corrected chi connectivity index (χ4v) is 2.78. The lowest BCUT2D eigenvalue weighted by molar-refractivity contribution is 0.598. The Balaban J connectivity index is 2.35. The van der Waals surface area contributed by atoms with Gasteiger partial charge in [-0.05, 0) is 12.1 Å². The molecule has 90 valence electrons. The van der Waals surface area contributed by atoms with Crippen LogP contribution in [-0.4, -0.2) is 18.0 Å². The zero-order valence-electron chi connectivity index (χ0n) is 8.96. The molecule has 1 heterocycles. The van der Waals surface area contributed by atoms with E-state index in [1.54, 1.807) is 37.4 Å². The molecule has 0 saturated carbocycles. The zero-order chi connectivity index (χ0) is 12.5. The highest BCUT2D eigenvalue weighted by Crippen LogP contribution is 2.21. The Labute approximate surface area is 104 Å². The predicted octanol–water partition coefficient (Wildman–Crippen LogP) is 1.87. The highest BCUT2D eigenvalue weighted by molar-refractivity contribution is 7.92. The van der Waals surface area contributed by atoms with Gasteiger partial charge in [-0.15, -0.1) is 0 Å². The Morgan fingerprint density at radius 1 is 1.29 bits per heavy atom. The summed E-state index contributed by atoms with van der Waals surface area (Å²) in [5.41, 5.74) is 0.467. The molecule has 0 unspecified atom stereocenters. The van der Waals surface area contributed by atoms with Crippen molar-refractivity contribution in [3.05, 3.63) is 41.8 Å². The van der Waals surface area contributed by atoms with Gasteiger partial charge in [-0.2, -0.15) is 8.42 Å². The van der Waals surface area contributed by atoms with E-state index in [0.717, 1.165) is 0 Å². The van der Waals surface area contributed by atoms with Crippen molar-refractivity contribution in [3.8, 4) is 0 Å². The van der Waals surface area contributed by atoms with Gasteiger partial charge in [0.15, 0.2) is 0 Å². The number of imidazole rings is 1. The number of nitrogens with zero attached hydrogens (tertiary/aromatic N) is 2. The fraction of sp³-hybridized carbons (Fsp3) is 0.100. The van der Waals surface area contributed by atoms with E-state index in [2.05, 4.69) is 9.71 Å². The minimum Gasteiger partial charge on any atom is -0.324 e. The minimum atomic E-state index is -3.74. The first-order chi connectivity index (χ1) is 8.00. The van der Waals surface area contributed by atoms with Gasteiger partial charge < -0.3 is 4.57 Å². The van der Waals surface area contributed by atoms with Crippen molar-refractivity contribution < 1.29 is 8.42 Å². The molecule has 0 aliphatic carbocycles. The molecule has 2 aromatic rings. The summed E-state index contributed by atoms with van der Waals surface area (Å²) in [6, 6.07) is 8.56. The Hall–Kier alpha value is -1.53. The Bertz CT molecular complexity index is 622. The maximum Gasteiger partial charge on any atom is 0.282 e. The van der Waals surface area contributed by atoms with Crippen LogP contribution >= 0.6 is 11.6 Å². The minimum absolute atomic E-state index is 0.0773. The molecule has 1 aromatic carbocycles. The summed E-state index contributed by atoms with van der Waals surface area (Å²) < 4.78 is 27.8. The van der Waals surface area contributed by atoms with E-state index in [9.17, 15) is 8.42 Å². The number of hydrogen-bond donors (Lipinski definition) is 1. The maximum absolute atomic E-state index is 12.0. The SMILES string of the molecule is Cn1cnc(S(=O)(=O)Nc2ccccc2)c1Cl. The summed E-state index contributed by atoms with van der Waals surface area (Å²) >= 11 is 5.84. The van der Waals surface area contributed by atoms with E-state index < -0.39 is 10.0 Å². The number of para-hydroxylation sites is 1. The van der Waals surface area contributed by atoms with Crippen LogP contribution in [0.1, 0.15) is 0 Å². The first kappa shape index (κ1) is 11.9. The van der Waals surface area contributed by atoms with Crippen molar-refractivity contribution in [2.75, 3.05) is 4.72 Å². The summed E-state index contributed by atoms with van der Waals surface area (Å²) in [6.45, 7) is 0. The second-order valence-electron chi connectivity index (χ2n) is 3.42. The van der Waals surface area contributed by atoms with Gasteiger partial charge >= 0.3 is 0 Å². The van der Waals surface area contributed by atoms with Crippen LogP contribution in [0.2, 0.25) is 5.15 Å². The highest BCUT2D eigenvalue weighted by atomic mass is 35.5. The molecule has 5 nitrogen and oxygen atoms in total. The monoisotopic (exact) mass is 271 g/mol. The normalized spacial score (nSPS) is 11.4. The summed E-state index contributed by atoms with van der Waals surface area (Å²) in [5, 5.41) is -0.0982. The fourth-order valence-electron chi connectivity index (χ4n) is 1.28. The summed E-state index contributed by atoms with van der Waals surface area (Å²) in [7, 11) is -2.12. The van der Waals surface area contributed by atoms with E-state index in [-0.39, 0.29) is 10.2 Å². The average Bonchev–Trinajstić information content (AvgIpc) is 2.61. The van der Waals surface area contributed by atoms with Crippen LogP contribution < -0.4 is 4.72 Å². The Morgan fingerprint density at radius 2 is 1.94 bits per heavy atom. The van der Waals surface area contributed by atoms with Crippen LogP contribution in [0.5, 0.6) is 0 Å². The molecule has 0 saturated heterocycles. The number of hydrogen-bond acceptors (Lipinski definition) is 3. The molecule has 2 rings (SSSR count). The third kappa shape index (κ3) is 2.42. The van der Waals surface area contributed by atoms with E-state index in [1.165, 1.54) is 10.9 Å². The third-order valence-electron chi connectivity index (χ3n) is 2.11. The maximum atomic E-state index is 12.0. The van der Waals surface area contributed by atoms with Gasteiger partial charge in [0.1, 0.15) is 5.15 Å². The standard InChI is InChI=1S/C10H10ClN3O2S/c1-14-7-12-10(9(14)11)17(15,16)13-8-5-3-2-4-6-8/h2-7,13H,1H3. The van der Waals surface area contributed by atoms with Crippen LogP contribution in [0.15, 0.2) is 41.7 Å². The van der Waals surface area contributed by atoms with Gasteiger partial charge in [-0.25, -0.2) is 4.98 Å². The van der Waals surface area contributed by atoms with E-state index >= 15 is 0 Å². The lowest BCUT2D eigenvalue weighted by atomic mass is 10.3. The molecular formula is C10H10ClN3O2S. The molecule has 1 N–H and O–H groups in total. The second kappa shape index (κ2) is 4.38. The number of aryl methyl sites for hydroxylation is 1. The van der Waals surface area contributed by atoms with Crippen molar-refractivity contribution in [1.29, 1.82) is 0 Å². The molecule has 0 spiro atoms. The van der Waals surface area contributed by atoms with E-state index in [1.807, 2.05) is 0 Å². The number of sulfonamides is 1. The molecule has 0 fully saturated rings. The van der Waals surface area contributed by atoms with Crippen LogP contribution in [0.25, 0.3) is 0 Å². The number of anilines is 1. The predicted molar refractivity (Wildman–Crippen MR) is 65.5 cm³/mol. The molecular weight excluding hydrogens is 262 g/mol. The zero-order valence-corrected chi connectivity index (χ0v) is 10.5. The van der Waals surface area contributed by atoms with Gasteiger partial charge in [-0.1, -0.05) is 29.8 Å². The second-order valence-corrected chi connectivity index (χ2v) is 5.38. The number of benzene rings is 1. The molecule has 7 heteroatoms. The van der Waals surface area contributed by atoms with Crippen molar-refractivity contribution in [2.24, 2.45) is 7.05 Å². The van der Waals surface area contributed by atoms with Crippen LogP contribution in [0.4, 0.5) is 5.69 Å². The van der Waals surface area contributed by atoms with Crippen LogP contribution in [0, 0.1) is 0 Å². The van der Waals surface area contributed by atoms with Crippen LogP contribution in [0.3, 0.4) is 0 Å².